The topological polar surface area (TPSA) is 75.4 Å². The molecule has 0 aliphatic rings. The fraction of sp³-hybridized carbons (Fsp3) is 0.125. The summed E-state index contributed by atoms with van der Waals surface area (Å²) in [4.78, 5) is 25.1. The maximum atomic E-state index is 12.3. The quantitative estimate of drug-likeness (QED) is 0.823. The zero-order valence-electron chi connectivity index (χ0n) is 12.0. The number of hydrogen-bond acceptors (Lipinski definition) is 3. The molecular weight excluding hydrogens is 346 g/mol. The number of halogens is 1. The van der Waals surface area contributed by atoms with E-state index in [1.807, 2.05) is 24.3 Å². The number of urea groups is 1. The molecule has 0 aliphatic heterocycles. The molecule has 3 amide bonds. The predicted octanol–water partition coefficient (Wildman–Crippen LogP) is 3.29. The summed E-state index contributed by atoms with van der Waals surface area (Å²) in [5, 5.41) is 2.73. The average Bonchev–Trinajstić information content (AvgIpc) is 2.47. The van der Waals surface area contributed by atoms with Gasteiger partial charge in [0.1, 0.15) is 0 Å². The van der Waals surface area contributed by atoms with Gasteiger partial charge in [0, 0.05) is 23.6 Å². The molecule has 0 spiro atoms. The number of amides is 3. The summed E-state index contributed by atoms with van der Waals surface area (Å²) in [6, 6.07) is 13.7. The number of rotatable bonds is 3. The number of nitrogens with two attached hydrogens (primary N) is 1. The van der Waals surface area contributed by atoms with Gasteiger partial charge in [-0.1, -0.05) is 28.1 Å². The first-order valence-corrected chi connectivity index (χ1v) is 7.45. The van der Waals surface area contributed by atoms with Crippen LogP contribution in [0.25, 0.3) is 0 Å². The summed E-state index contributed by atoms with van der Waals surface area (Å²) >= 11 is 3.38. The van der Waals surface area contributed by atoms with Crippen LogP contribution in [0.3, 0.4) is 0 Å². The number of anilines is 2. The highest BCUT2D eigenvalue weighted by molar-refractivity contribution is 9.10. The number of imide groups is 1. The number of carbonyl (C=O) groups is 2. The lowest BCUT2D eigenvalue weighted by molar-refractivity contribution is -0.115. The Bertz CT molecular complexity index is 686. The van der Waals surface area contributed by atoms with Crippen molar-refractivity contribution in [1.29, 1.82) is 0 Å². The first-order chi connectivity index (χ1) is 10.5. The molecule has 0 fully saturated rings. The number of nitrogen functional groups attached to an aromatic ring is 1. The summed E-state index contributed by atoms with van der Waals surface area (Å²) < 4.78 is 0.932. The highest BCUT2D eigenvalue weighted by Gasteiger charge is 2.19. The molecule has 6 heteroatoms. The van der Waals surface area contributed by atoms with Gasteiger partial charge in [0.25, 0.3) is 0 Å². The van der Waals surface area contributed by atoms with Gasteiger partial charge < -0.3 is 11.1 Å². The Balaban J connectivity index is 2.10. The fourth-order valence-corrected chi connectivity index (χ4v) is 2.42. The maximum Gasteiger partial charge on any atom is 0.329 e. The molecule has 0 bridgehead atoms. The van der Waals surface area contributed by atoms with E-state index in [9.17, 15) is 9.59 Å². The zero-order valence-corrected chi connectivity index (χ0v) is 13.6. The van der Waals surface area contributed by atoms with E-state index in [-0.39, 0.29) is 5.91 Å². The third kappa shape index (κ3) is 4.08. The summed E-state index contributed by atoms with van der Waals surface area (Å²) in [5.41, 5.74) is 7.60. The first-order valence-electron chi connectivity index (χ1n) is 6.66. The molecule has 0 atom stereocenters. The first kappa shape index (κ1) is 16.0. The number of nitrogens with zero attached hydrogens (tertiary/aromatic N) is 1. The van der Waals surface area contributed by atoms with E-state index in [1.165, 1.54) is 6.92 Å². The zero-order chi connectivity index (χ0) is 16.1. The Morgan fingerprint density at radius 3 is 2.45 bits per heavy atom. The minimum atomic E-state index is -0.475. The molecule has 2 aromatic carbocycles. The molecule has 0 saturated carbocycles. The van der Waals surface area contributed by atoms with Crippen molar-refractivity contribution >= 4 is 39.2 Å². The van der Waals surface area contributed by atoms with E-state index in [4.69, 9.17) is 5.73 Å². The molecule has 22 heavy (non-hydrogen) atoms. The van der Waals surface area contributed by atoms with Crippen LogP contribution < -0.4 is 16.0 Å². The molecule has 2 aromatic rings. The fourth-order valence-electron chi connectivity index (χ4n) is 1.97. The molecule has 0 unspecified atom stereocenters. The largest absolute Gasteiger partial charge is 0.399 e. The van der Waals surface area contributed by atoms with Gasteiger partial charge >= 0.3 is 6.03 Å². The molecule has 2 rings (SSSR count). The Morgan fingerprint density at radius 1 is 1.18 bits per heavy atom. The van der Waals surface area contributed by atoms with Crippen LogP contribution in [0.1, 0.15) is 12.5 Å². The van der Waals surface area contributed by atoms with Crippen LogP contribution in [0.4, 0.5) is 16.2 Å². The minimum absolute atomic E-state index is 0.330. The molecule has 0 aliphatic carbocycles. The van der Waals surface area contributed by atoms with Crippen molar-refractivity contribution < 1.29 is 9.59 Å². The van der Waals surface area contributed by atoms with Gasteiger partial charge in [-0.05, 0) is 42.0 Å². The van der Waals surface area contributed by atoms with Gasteiger partial charge in [0.05, 0.1) is 5.69 Å². The SMILES string of the molecule is CC(=O)N(C(=O)NCc1cccc(Br)c1)c1ccc(N)cc1. The van der Waals surface area contributed by atoms with E-state index < -0.39 is 6.03 Å². The van der Waals surface area contributed by atoms with Gasteiger partial charge in [-0.3, -0.25) is 4.79 Å². The lowest BCUT2D eigenvalue weighted by Gasteiger charge is -2.20. The third-order valence-corrected chi connectivity index (χ3v) is 3.50. The Morgan fingerprint density at radius 2 is 1.86 bits per heavy atom. The number of hydrogen-bond donors (Lipinski definition) is 2. The maximum absolute atomic E-state index is 12.3. The van der Waals surface area contributed by atoms with Crippen LogP contribution in [-0.4, -0.2) is 11.9 Å². The van der Waals surface area contributed by atoms with E-state index in [2.05, 4.69) is 21.2 Å². The Hall–Kier alpha value is -2.34. The second-order valence-corrected chi connectivity index (χ2v) is 5.65. The Kier molecular flexibility index (Phi) is 5.16. The highest BCUT2D eigenvalue weighted by atomic mass is 79.9. The van der Waals surface area contributed by atoms with Crippen molar-refractivity contribution in [3.05, 3.63) is 58.6 Å². The van der Waals surface area contributed by atoms with E-state index >= 15 is 0 Å². The summed E-state index contributed by atoms with van der Waals surface area (Å²) in [5.74, 6) is -0.364. The standard InChI is InChI=1S/C16H16BrN3O2/c1-11(21)20(15-7-5-14(18)6-8-15)16(22)19-10-12-3-2-4-13(17)9-12/h2-9H,10,18H2,1H3,(H,19,22). The smallest absolute Gasteiger partial charge is 0.329 e. The molecule has 0 aromatic heterocycles. The number of carbonyl (C=O) groups excluding carboxylic acids is 2. The van der Waals surface area contributed by atoms with Gasteiger partial charge in [0.2, 0.25) is 5.91 Å². The van der Waals surface area contributed by atoms with Crippen molar-refractivity contribution in [3.8, 4) is 0 Å². The predicted molar refractivity (Wildman–Crippen MR) is 90.4 cm³/mol. The Labute approximate surface area is 137 Å². The minimum Gasteiger partial charge on any atom is -0.399 e. The van der Waals surface area contributed by atoms with E-state index in [0.717, 1.165) is 14.9 Å². The van der Waals surface area contributed by atoms with E-state index in [0.29, 0.717) is 17.9 Å². The molecular formula is C16H16BrN3O2. The molecule has 0 saturated heterocycles. The monoisotopic (exact) mass is 361 g/mol. The van der Waals surface area contributed by atoms with Crippen LogP contribution >= 0.6 is 15.9 Å². The summed E-state index contributed by atoms with van der Waals surface area (Å²) in [6.45, 7) is 1.67. The van der Waals surface area contributed by atoms with Gasteiger partial charge in [-0.15, -0.1) is 0 Å². The molecule has 0 heterocycles. The van der Waals surface area contributed by atoms with Crippen LogP contribution in [0.2, 0.25) is 0 Å². The molecule has 5 nitrogen and oxygen atoms in total. The van der Waals surface area contributed by atoms with Crippen molar-refractivity contribution in [3.63, 3.8) is 0 Å². The molecule has 114 valence electrons. The number of benzene rings is 2. The van der Waals surface area contributed by atoms with Crippen molar-refractivity contribution in [2.75, 3.05) is 10.6 Å². The normalized spacial score (nSPS) is 10.1. The van der Waals surface area contributed by atoms with Crippen molar-refractivity contribution in [2.45, 2.75) is 13.5 Å². The lowest BCUT2D eigenvalue weighted by Crippen LogP contribution is -2.42. The summed E-state index contributed by atoms with van der Waals surface area (Å²) in [7, 11) is 0. The highest BCUT2D eigenvalue weighted by Crippen LogP contribution is 2.17. The summed E-state index contributed by atoms with van der Waals surface area (Å²) in [6.07, 6.45) is 0. The average molecular weight is 362 g/mol. The van der Waals surface area contributed by atoms with Crippen molar-refractivity contribution in [1.82, 2.24) is 5.32 Å². The van der Waals surface area contributed by atoms with Gasteiger partial charge in [-0.25, -0.2) is 9.69 Å². The second kappa shape index (κ2) is 7.09. The van der Waals surface area contributed by atoms with Crippen molar-refractivity contribution in [2.24, 2.45) is 0 Å². The third-order valence-electron chi connectivity index (χ3n) is 3.00. The van der Waals surface area contributed by atoms with Crippen LogP contribution in [0.15, 0.2) is 53.0 Å². The van der Waals surface area contributed by atoms with Crippen LogP contribution in [0, 0.1) is 0 Å². The van der Waals surface area contributed by atoms with Gasteiger partial charge in [-0.2, -0.15) is 0 Å². The number of nitrogens with one attached hydrogen (secondary N) is 1. The van der Waals surface area contributed by atoms with E-state index in [1.54, 1.807) is 24.3 Å². The van der Waals surface area contributed by atoms with Crippen LogP contribution in [-0.2, 0) is 11.3 Å². The van der Waals surface area contributed by atoms with Crippen LogP contribution in [0.5, 0.6) is 0 Å². The second-order valence-electron chi connectivity index (χ2n) is 4.73. The molecule has 3 N–H and O–H groups in total. The lowest BCUT2D eigenvalue weighted by atomic mass is 10.2. The van der Waals surface area contributed by atoms with Gasteiger partial charge in [0.15, 0.2) is 0 Å². The molecule has 0 radical (unpaired) electrons.